The number of nitriles is 1. The van der Waals surface area contributed by atoms with E-state index in [-0.39, 0.29) is 12.6 Å². The molecule has 1 atom stereocenters. The van der Waals surface area contributed by atoms with Crippen molar-refractivity contribution in [3.63, 3.8) is 0 Å². The number of benzene rings is 1. The van der Waals surface area contributed by atoms with Gasteiger partial charge < -0.3 is 10.4 Å². The van der Waals surface area contributed by atoms with Gasteiger partial charge in [0, 0.05) is 0 Å². The van der Waals surface area contributed by atoms with Gasteiger partial charge in [-0.25, -0.2) is 0 Å². The molecule has 0 aromatic heterocycles. The molecule has 0 saturated carbocycles. The van der Waals surface area contributed by atoms with Gasteiger partial charge in [0.05, 0.1) is 12.7 Å². The third-order valence-corrected chi connectivity index (χ3v) is 1.91. The van der Waals surface area contributed by atoms with E-state index in [2.05, 4.69) is 11.4 Å². The number of nitrogens with zero attached hydrogens (tertiary/aromatic N) is 1. The predicted octanol–water partition coefficient (Wildman–Crippen LogP) is 0.963. The highest BCUT2D eigenvalue weighted by molar-refractivity contribution is 5.27. The summed E-state index contributed by atoms with van der Waals surface area (Å²) >= 11 is 0. The SMILES string of the molecule is CNC(C#N)c1ccc(CO)cc1. The zero-order valence-corrected chi connectivity index (χ0v) is 7.49. The van der Waals surface area contributed by atoms with Crippen LogP contribution in [0.2, 0.25) is 0 Å². The van der Waals surface area contributed by atoms with Crippen LogP contribution in [0.3, 0.4) is 0 Å². The number of aliphatic hydroxyl groups is 1. The van der Waals surface area contributed by atoms with E-state index in [9.17, 15) is 0 Å². The van der Waals surface area contributed by atoms with E-state index in [1.54, 1.807) is 7.05 Å². The molecule has 2 N–H and O–H groups in total. The highest BCUT2D eigenvalue weighted by atomic mass is 16.3. The van der Waals surface area contributed by atoms with E-state index < -0.39 is 0 Å². The minimum absolute atomic E-state index is 0.0387. The minimum Gasteiger partial charge on any atom is -0.392 e. The molecule has 1 rings (SSSR count). The second kappa shape index (κ2) is 4.61. The van der Waals surface area contributed by atoms with Crippen molar-refractivity contribution in [1.29, 1.82) is 5.26 Å². The fourth-order valence-corrected chi connectivity index (χ4v) is 1.12. The van der Waals surface area contributed by atoms with Gasteiger partial charge in [0.1, 0.15) is 6.04 Å². The van der Waals surface area contributed by atoms with Crippen LogP contribution in [0.15, 0.2) is 24.3 Å². The Morgan fingerprint density at radius 3 is 2.46 bits per heavy atom. The topological polar surface area (TPSA) is 56.0 Å². The lowest BCUT2D eigenvalue weighted by Gasteiger charge is -2.07. The van der Waals surface area contributed by atoms with Gasteiger partial charge in [-0.1, -0.05) is 24.3 Å². The summed E-state index contributed by atoms with van der Waals surface area (Å²) in [5, 5.41) is 20.4. The average molecular weight is 176 g/mol. The molecule has 0 fully saturated rings. The molecule has 13 heavy (non-hydrogen) atoms. The third-order valence-electron chi connectivity index (χ3n) is 1.91. The van der Waals surface area contributed by atoms with Crippen LogP contribution in [-0.4, -0.2) is 12.2 Å². The van der Waals surface area contributed by atoms with Crippen LogP contribution < -0.4 is 5.32 Å². The molecule has 1 aromatic carbocycles. The Labute approximate surface area is 77.6 Å². The Bertz CT molecular complexity index is 300. The first-order chi connectivity index (χ1) is 6.31. The molecular weight excluding hydrogens is 164 g/mol. The zero-order valence-electron chi connectivity index (χ0n) is 7.49. The van der Waals surface area contributed by atoms with Crippen LogP contribution in [0, 0.1) is 11.3 Å². The van der Waals surface area contributed by atoms with Crippen molar-refractivity contribution in [2.45, 2.75) is 12.6 Å². The van der Waals surface area contributed by atoms with Crippen LogP contribution in [0.25, 0.3) is 0 Å². The molecule has 0 aliphatic rings. The molecule has 0 spiro atoms. The van der Waals surface area contributed by atoms with Crippen molar-refractivity contribution in [3.8, 4) is 6.07 Å². The molecule has 1 unspecified atom stereocenters. The first kappa shape index (κ1) is 9.72. The van der Waals surface area contributed by atoms with Gasteiger partial charge in [0.25, 0.3) is 0 Å². The van der Waals surface area contributed by atoms with Crippen LogP contribution >= 0.6 is 0 Å². The van der Waals surface area contributed by atoms with E-state index in [1.807, 2.05) is 24.3 Å². The standard InChI is InChI=1S/C10H12N2O/c1-12-10(6-11)9-4-2-8(7-13)3-5-9/h2-5,10,12-13H,7H2,1H3. The molecule has 0 amide bonds. The van der Waals surface area contributed by atoms with Gasteiger partial charge in [0.15, 0.2) is 0 Å². The smallest absolute Gasteiger partial charge is 0.121 e. The van der Waals surface area contributed by atoms with Crippen LogP contribution in [0.4, 0.5) is 0 Å². The second-order valence-corrected chi connectivity index (χ2v) is 2.75. The predicted molar refractivity (Wildman–Crippen MR) is 49.8 cm³/mol. The van der Waals surface area contributed by atoms with Gasteiger partial charge >= 0.3 is 0 Å². The number of hydrogen-bond donors (Lipinski definition) is 2. The molecule has 0 aliphatic heterocycles. The summed E-state index contributed by atoms with van der Waals surface area (Å²) in [6, 6.07) is 9.18. The Balaban J connectivity index is 2.86. The minimum atomic E-state index is -0.271. The van der Waals surface area contributed by atoms with Crippen molar-refractivity contribution in [3.05, 3.63) is 35.4 Å². The van der Waals surface area contributed by atoms with Crippen molar-refractivity contribution < 1.29 is 5.11 Å². The number of hydrogen-bond acceptors (Lipinski definition) is 3. The molecule has 0 bridgehead atoms. The normalized spacial score (nSPS) is 12.1. The van der Waals surface area contributed by atoms with E-state index >= 15 is 0 Å². The lowest BCUT2D eigenvalue weighted by Crippen LogP contribution is -2.13. The maximum absolute atomic E-state index is 8.80. The summed E-state index contributed by atoms with van der Waals surface area (Å²) in [7, 11) is 1.74. The first-order valence-electron chi connectivity index (χ1n) is 4.08. The molecule has 68 valence electrons. The summed E-state index contributed by atoms with van der Waals surface area (Å²) in [5.74, 6) is 0. The first-order valence-corrected chi connectivity index (χ1v) is 4.08. The van der Waals surface area contributed by atoms with Crippen LogP contribution in [0.5, 0.6) is 0 Å². The molecule has 3 nitrogen and oxygen atoms in total. The second-order valence-electron chi connectivity index (χ2n) is 2.75. The molecular formula is C10H12N2O. The Morgan fingerprint density at radius 1 is 1.46 bits per heavy atom. The molecule has 0 heterocycles. The summed E-state index contributed by atoms with van der Waals surface area (Å²) < 4.78 is 0. The van der Waals surface area contributed by atoms with E-state index in [1.165, 1.54) is 0 Å². The molecule has 1 aromatic rings. The van der Waals surface area contributed by atoms with Gasteiger partial charge in [-0.15, -0.1) is 0 Å². The van der Waals surface area contributed by atoms with Crippen molar-refractivity contribution in [2.75, 3.05) is 7.05 Å². The number of rotatable bonds is 3. The molecule has 0 saturated heterocycles. The van der Waals surface area contributed by atoms with E-state index in [0.29, 0.717) is 0 Å². The van der Waals surface area contributed by atoms with E-state index in [0.717, 1.165) is 11.1 Å². The summed E-state index contributed by atoms with van der Waals surface area (Å²) in [5.41, 5.74) is 1.78. The Kier molecular flexibility index (Phi) is 3.44. The van der Waals surface area contributed by atoms with Crippen LogP contribution in [0.1, 0.15) is 17.2 Å². The summed E-state index contributed by atoms with van der Waals surface area (Å²) in [6.07, 6.45) is 0. The highest BCUT2D eigenvalue weighted by Crippen LogP contribution is 2.12. The molecule has 0 aliphatic carbocycles. The number of aliphatic hydroxyl groups excluding tert-OH is 1. The fraction of sp³-hybridized carbons (Fsp3) is 0.300. The highest BCUT2D eigenvalue weighted by Gasteiger charge is 2.05. The largest absolute Gasteiger partial charge is 0.392 e. The monoisotopic (exact) mass is 176 g/mol. The summed E-state index contributed by atoms with van der Waals surface area (Å²) in [4.78, 5) is 0. The quantitative estimate of drug-likeness (QED) is 0.721. The zero-order chi connectivity index (χ0) is 9.68. The van der Waals surface area contributed by atoms with Crippen LogP contribution in [-0.2, 0) is 6.61 Å². The van der Waals surface area contributed by atoms with Gasteiger partial charge in [-0.3, -0.25) is 0 Å². The average Bonchev–Trinajstić information content (AvgIpc) is 2.21. The lowest BCUT2D eigenvalue weighted by atomic mass is 10.1. The van der Waals surface area contributed by atoms with Gasteiger partial charge in [-0.05, 0) is 18.2 Å². The van der Waals surface area contributed by atoms with Gasteiger partial charge in [0.2, 0.25) is 0 Å². The third kappa shape index (κ3) is 2.28. The van der Waals surface area contributed by atoms with Crippen molar-refractivity contribution >= 4 is 0 Å². The molecule has 0 radical (unpaired) electrons. The van der Waals surface area contributed by atoms with Crippen molar-refractivity contribution in [1.82, 2.24) is 5.32 Å². The number of nitrogens with one attached hydrogen (secondary N) is 1. The Hall–Kier alpha value is -1.37. The maximum Gasteiger partial charge on any atom is 0.121 e. The lowest BCUT2D eigenvalue weighted by molar-refractivity contribution is 0.282. The Morgan fingerprint density at radius 2 is 2.08 bits per heavy atom. The molecule has 3 heteroatoms. The summed E-state index contributed by atoms with van der Waals surface area (Å²) in [6.45, 7) is 0.0387. The fourth-order valence-electron chi connectivity index (χ4n) is 1.12. The van der Waals surface area contributed by atoms with Crippen molar-refractivity contribution in [2.24, 2.45) is 0 Å². The van der Waals surface area contributed by atoms with E-state index in [4.69, 9.17) is 10.4 Å². The maximum atomic E-state index is 8.80. The van der Waals surface area contributed by atoms with Gasteiger partial charge in [-0.2, -0.15) is 5.26 Å².